The maximum absolute atomic E-state index is 12.0. The van der Waals surface area contributed by atoms with Gasteiger partial charge in [0.25, 0.3) is 0 Å². The Morgan fingerprint density at radius 2 is 1.90 bits per heavy atom. The highest BCUT2D eigenvalue weighted by molar-refractivity contribution is 5.77. The molecule has 116 valence electrons. The minimum atomic E-state index is -1.06. The van der Waals surface area contributed by atoms with Gasteiger partial charge in [0.1, 0.15) is 6.10 Å². The van der Waals surface area contributed by atoms with Crippen molar-refractivity contribution in [1.29, 1.82) is 0 Å². The topological polar surface area (TPSA) is 110 Å². The number of rotatable bonds is 6. The van der Waals surface area contributed by atoms with E-state index in [1.807, 2.05) is 0 Å². The zero-order valence-electron chi connectivity index (χ0n) is 11.8. The van der Waals surface area contributed by atoms with Crippen LogP contribution in [0.25, 0.3) is 0 Å². The Hall–Kier alpha value is -1.18. The summed E-state index contributed by atoms with van der Waals surface area (Å²) in [5.41, 5.74) is 0. The Bertz CT molecular complexity index is 337. The van der Waals surface area contributed by atoms with E-state index >= 15 is 0 Å². The molecule has 2 amide bonds. The van der Waals surface area contributed by atoms with Crippen molar-refractivity contribution in [3.05, 3.63) is 0 Å². The van der Waals surface area contributed by atoms with Gasteiger partial charge in [0.2, 0.25) is 11.8 Å². The molecule has 0 aliphatic carbocycles. The predicted octanol–water partition coefficient (Wildman–Crippen LogP) is -1.39. The Kier molecular flexibility index (Phi) is 6.90. The highest BCUT2D eigenvalue weighted by atomic mass is 16.3. The molecule has 1 fully saturated rings. The first kappa shape index (κ1) is 16.9. The number of aliphatic hydroxyl groups excluding tert-OH is 3. The summed E-state index contributed by atoms with van der Waals surface area (Å²) in [6.07, 6.45) is 0.355. The van der Waals surface area contributed by atoms with Crippen LogP contribution in [0.3, 0.4) is 0 Å². The van der Waals surface area contributed by atoms with Crippen LogP contribution < -0.4 is 5.32 Å². The number of likely N-dealkylation sites (tertiary alicyclic amines) is 1. The average Bonchev–Trinajstić information content (AvgIpc) is 2.39. The van der Waals surface area contributed by atoms with Crippen LogP contribution in [0.4, 0.5) is 0 Å². The quantitative estimate of drug-likeness (QED) is 0.450. The van der Waals surface area contributed by atoms with Gasteiger partial charge in [-0.25, -0.2) is 0 Å². The summed E-state index contributed by atoms with van der Waals surface area (Å²) in [5.74, 6) is -0.414. The summed E-state index contributed by atoms with van der Waals surface area (Å²) in [4.78, 5) is 24.5. The van der Waals surface area contributed by atoms with Gasteiger partial charge >= 0.3 is 0 Å². The van der Waals surface area contributed by atoms with Gasteiger partial charge in [-0.2, -0.15) is 0 Å². The van der Waals surface area contributed by atoms with Crippen molar-refractivity contribution in [1.82, 2.24) is 10.2 Å². The lowest BCUT2D eigenvalue weighted by atomic mass is 9.98. The molecule has 0 aromatic heterocycles. The number of β-amino-alcohol motifs (C(OH)–C–C–N with tert-alkyl or cyclic N) is 1. The Morgan fingerprint density at radius 3 is 2.50 bits per heavy atom. The first-order chi connectivity index (χ1) is 9.45. The van der Waals surface area contributed by atoms with Gasteiger partial charge in [-0.15, -0.1) is 0 Å². The molecule has 0 unspecified atom stereocenters. The minimum Gasteiger partial charge on any atom is -0.396 e. The summed E-state index contributed by atoms with van der Waals surface area (Å²) in [6.45, 7) is 1.73. The molecule has 0 radical (unpaired) electrons. The Labute approximate surface area is 118 Å². The second kappa shape index (κ2) is 8.18. The minimum absolute atomic E-state index is 0.0794. The molecule has 1 aliphatic heterocycles. The average molecular weight is 288 g/mol. The van der Waals surface area contributed by atoms with E-state index in [0.717, 1.165) is 6.42 Å². The fourth-order valence-corrected chi connectivity index (χ4v) is 2.34. The van der Waals surface area contributed by atoms with Crippen LogP contribution in [0.2, 0.25) is 0 Å². The fraction of sp³-hybridized carbons (Fsp3) is 0.846. The van der Waals surface area contributed by atoms with Crippen LogP contribution in [0, 0.1) is 0 Å². The summed E-state index contributed by atoms with van der Waals surface area (Å²) in [5, 5.41) is 30.8. The maximum atomic E-state index is 12.0. The maximum Gasteiger partial charge on any atom is 0.222 e. The molecule has 0 bridgehead atoms. The molecular weight excluding hydrogens is 264 g/mol. The summed E-state index contributed by atoms with van der Waals surface area (Å²) in [7, 11) is 0. The number of nitrogens with one attached hydrogen (secondary N) is 1. The normalized spacial score (nSPS) is 26.4. The van der Waals surface area contributed by atoms with Gasteiger partial charge in [-0.3, -0.25) is 9.59 Å². The molecule has 0 aromatic rings. The zero-order chi connectivity index (χ0) is 15.1. The van der Waals surface area contributed by atoms with E-state index < -0.39 is 18.2 Å². The Balaban J connectivity index is 2.48. The molecule has 1 saturated heterocycles. The number of nitrogens with zero attached hydrogens (tertiary/aromatic N) is 1. The van der Waals surface area contributed by atoms with Crippen molar-refractivity contribution in [3.63, 3.8) is 0 Å². The number of carbonyl (C=O) groups is 2. The summed E-state index contributed by atoms with van der Waals surface area (Å²) >= 11 is 0. The number of unbranched alkanes of at least 4 members (excludes halogenated alkanes) is 2. The third-order valence-corrected chi connectivity index (χ3v) is 3.42. The molecule has 1 rings (SSSR count). The zero-order valence-corrected chi connectivity index (χ0v) is 11.8. The molecule has 0 spiro atoms. The highest BCUT2D eigenvalue weighted by Crippen LogP contribution is 2.14. The second-order valence-corrected chi connectivity index (χ2v) is 5.20. The summed E-state index contributed by atoms with van der Waals surface area (Å²) in [6, 6.07) is -0.641. The van der Waals surface area contributed by atoms with Gasteiger partial charge in [0, 0.05) is 33.0 Å². The van der Waals surface area contributed by atoms with E-state index in [0.29, 0.717) is 19.3 Å². The molecule has 3 atom stereocenters. The number of carbonyl (C=O) groups excluding carboxylic acids is 2. The first-order valence-corrected chi connectivity index (χ1v) is 6.97. The van der Waals surface area contributed by atoms with Crippen molar-refractivity contribution in [3.8, 4) is 0 Å². The van der Waals surface area contributed by atoms with Crippen LogP contribution in [-0.4, -0.2) is 70.0 Å². The highest BCUT2D eigenvalue weighted by Gasteiger charge is 2.36. The summed E-state index contributed by atoms with van der Waals surface area (Å²) < 4.78 is 0. The molecule has 7 nitrogen and oxygen atoms in total. The van der Waals surface area contributed by atoms with E-state index in [-0.39, 0.29) is 31.5 Å². The van der Waals surface area contributed by atoms with E-state index in [1.54, 1.807) is 0 Å². The molecule has 7 heteroatoms. The van der Waals surface area contributed by atoms with Gasteiger partial charge in [0.15, 0.2) is 0 Å². The molecule has 0 aromatic carbocycles. The van der Waals surface area contributed by atoms with Gasteiger partial charge in [-0.1, -0.05) is 6.42 Å². The molecule has 4 N–H and O–H groups in total. The number of amides is 2. The van der Waals surface area contributed by atoms with Gasteiger partial charge < -0.3 is 25.5 Å². The van der Waals surface area contributed by atoms with Crippen LogP contribution in [0.15, 0.2) is 0 Å². The number of hydrogen-bond acceptors (Lipinski definition) is 5. The van der Waals surface area contributed by atoms with Crippen LogP contribution in [0.5, 0.6) is 0 Å². The van der Waals surface area contributed by atoms with E-state index in [1.165, 1.54) is 11.8 Å². The SMILES string of the molecule is CC(=O)N[C@H]1CN(C(=O)CCCCCO)C[C@H](O)[C@@H]1O. The third-order valence-electron chi connectivity index (χ3n) is 3.42. The predicted molar refractivity (Wildman–Crippen MR) is 71.8 cm³/mol. The third kappa shape index (κ3) is 5.07. The van der Waals surface area contributed by atoms with Crippen molar-refractivity contribution < 1.29 is 24.9 Å². The van der Waals surface area contributed by atoms with E-state index in [2.05, 4.69) is 5.32 Å². The fourth-order valence-electron chi connectivity index (χ4n) is 2.34. The monoisotopic (exact) mass is 288 g/mol. The van der Waals surface area contributed by atoms with Gasteiger partial charge in [-0.05, 0) is 12.8 Å². The van der Waals surface area contributed by atoms with Crippen LogP contribution in [0.1, 0.15) is 32.6 Å². The second-order valence-electron chi connectivity index (χ2n) is 5.20. The standard InChI is InChI=1S/C13H24N2O5/c1-9(17)14-10-7-15(8-11(18)13(10)20)12(19)5-3-2-4-6-16/h10-11,13,16,18,20H,2-8H2,1H3,(H,14,17)/t10-,11-,13+/m0/s1. The lowest BCUT2D eigenvalue weighted by Gasteiger charge is -2.39. The van der Waals surface area contributed by atoms with E-state index in [4.69, 9.17) is 5.11 Å². The van der Waals surface area contributed by atoms with Crippen molar-refractivity contribution >= 4 is 11.8 Å². The number of hydrogen-bond donors (Lipinski definition) is 4. The molecular formula is C13H24N2O5. The number of aliphatic hydroxyl groups is 3. The largest absolute Gasteiger partial charge is 0.396 e. The van der Waals surface area contributed by atoms with Crippen LogP contribution >= 0.6 is 0 Å². The smallest absolute Gasteiger partial charge is 0.222 e. The van der Waals surface area contributed by atoms with Crippen molar-refractivity contribution in [2.24, 2.45) is 0 Å². The number of piperidine rings is 1. The lowest BCUT2D eigenvalue weighted by molar-refractivity contribution is -0.141. The lowest BCUT2D eigenvalue weighted by Crippen LogP contribution is -2.62. The molecule has 1 heterocycles. The first-order valence-electron chi connectivity index (χ1n) is 6.97. The molecule has 20 heavy (non-hydrogen) atoms. The van der Waals surface area contributed by atoms with Crippen molar-refractivity contribution in [2.75, 3.05) is 19.7 Å². The Morgan fingerprint density at radius 1 is 1.20 bits per heavy atom. The van der Waals surface area contributed by atoms with Crippen molar-refractivity contribution in [2.45, 2.75) is 50.9 Å². The molecule has 0 saturated carbocycles. The molecule has 1 aliphatic rings. The van der Waals surface area contributed by atoms with Gasteiger partial charge in [0.05, 0.1) is 12.1 Å². The van der Waals surface area contributed by atoms with E-state index in [9.17, 15) is 19.8 Å². The van der Waals surface area contributed by atoms with Crippen LogP contribution in [-0.2, 0) is 9.59 Å².